The Hall–Kier alpha value is -2.28. The number of nitriles is 1. The Balaban J connectivity index is 1.89. The molecule has 0 saturated carbocycles. The van der Waals surface area contributed by atoms with E-state index in [9.17, 15) is 5.26 Å². The van der Waals surface area contributed by atoms with Crippen LogP contribution in [-0.2, 0) is 0 Å². The van der Waals surface area contributed by atoms with Crippen molar-refractivity contribution in [1.82, 2.24) is 5.16 Å². The molecule has 1 heterocycles. The first kappa shape index (κ1) is 16.1. The molecule has 116 valence electrons. The Morgan fingerprint density at radius 3 is 2.64 bits per heavy atom. The van der Waals surface area contributed by atoms with E-state index in [2.05, 4.69) is 24.2 Å². The number of aryl methyl sites for hydroxylation is 4. The highest BCUT2D eigenvalue weighted by Crippen LogP contribution is 2.27. The average Bonchev–Trinajstić information content (AvgIpc) is 2.81. The molecule has 2 aromatic rings. The summed E-state index contributed by atoms with van der Waals surface area (Å²) in [6.07, 6.45) is 1.56. The topological polar surface area (TPSA) is 59.0 Å². The van der Waals surface area contributed by atoms with Crippen molar-refractivity contribution in [2.45, 2.75) is 46.5 Å². The second-order valence-corrected chi connectivity index (χ2v) is 5.68. The number of rotatable bonds is 6. The summed E-state index contributed by atoms with van der Waals surface area (Å²) in [5, 5.41) is 13.3. The highest BCUT2D eigenvalue weighted by atomic mass is 16.5. The molecule has 0 spiro atoms. The second kappa shape index (κ2) is 7.13. The van der Waals surface area contributed by atoms with Gasteiger partial charge >= 0.3 is 0 Å². The number of ether oxygens (including phenoxy) is 1. The first-order valence-electron chi connectivity index (χ1n) is 7.55. The maximum Gasteiger partial charge on any atom is 0.138 e. The maximum absolute atomic E-state index is 9.38. The van der Waals surface area contributed by atoms with Gasteiger partial charge in [-0.1, -0.05) is 22.9 Å². The molecule has 1 unspecified atom stereocenters. The van der Waals surface area contributed by atoms with Gasteiger partial charge in [0, 0.05) is 5.56 Å². The van der Waals surface area contributed by atoms with Crippen molar-refractivity contribution in [2.24, 2.45) is 0 Å². The Morgan fingerprint density at radius 1 is 1.27 bits per heavy atom. The molecule has 0 bridgehead atoms. The van der Waals surface area contributed by atoms with Gasteiger partial charge in [0.2, 0.25) is 0 Å². The summed E-state index contributed by atoms with van der Waals surface area (Å²) in [6.45, 7) is 8.45. The second-order valence-electron chi connectivity index (χ2n) is 5.68. The zero-order chi connectivity index (χ0) is 16.1. The van der Waals surface area contributed by atoms with Crippen LogP contribution in [0.4, 0.5) is 0 Å². The van der Waals surface area contributed by atoms with Crippen LogP contribution in [0, 0.1) is 39.0 Å². The monoisotopic (exact) mass is 298 g/mol. The zero-order valence-corrected chi connectivity index (χ0v) is 13.6. The van der Waals surface area contributed by atoms with E-state index in [1.807, 2.05) is 32.9 Å². The van der Waals surface area contributed by atoms with Crippen LogP contribution in [0.15, 0.2) is 22.7 Å². The molecule has 0 radical (unpaired) electrons. The van der Waals surface area contributed by atoms with Crippen LogP contribution in [-0.4, -0.2) is 11.8 Å². The van der Waals surface area contributed by atoms with Gasteiger partial charge in [-0.05, 0) is 52.2 Å². The third-order valence-corrected chi connectivity index (χ3v) is 3.82. The lowest BCUT2D eigenvalue weighted by atomic mass is 9.94. The van der Waals surface area contributed by atoms with E-state index < -0.39 is 0 Å². The number of hydrogen-bond acceptors (Lipinski definition) is 4. The Kier molecular flexibility index (Phi) is 5.21. The maximum atomic E-state index is 9.38. The van der Waals surface area contributed by atoms with Gasteiger partial charge < -0.3 is 9.26 Å². The molecular formula is C18H22N2O2. The third-order valence-electron chi connectivity index (χ3n) is 3.82. The molecule has 4 heteroatoms. The number of nitrogens with zero attached hydrogens (tertiary/aromatic N) is 2. The van der Waals surface area contributed by atoms with Crippen molar-refractivity contribution in [3.8, 4) is 11.8 Å². The molecule has 0 aliphatic carbocycles. The minimum Gasteiger partial charge on any atom is -0.493 e. The van der Waals surface area contributed by atoms with Crippen molar-refractivity contribution < 1.29 is 9.26 Å². The van der Waals surface area contributed by atoms with Crippen LogP contribution in [0.2, 0.25) is 0 Å². The molecule has 4 nitrogen and oxygen atoms in total. The van der Waals surface area contributed by atoms with Crippen LogP contribution < -0.4 is 4.74 Å². The summed E-state index contributed by atoms with van der Waals surface area (Å²) >= 11 is 0. The van der Waals surface area contributed by atoms with Gasteiger partial charge in [0.15, 0.2) is 0 Å². The molecule has 0 N–H and O–H groups in total. The fraction of sp³-hybridized carbons (Fsp3) is 0.444. The molecule has 1 aromatic heterocycles. The molecule has 0 amide bonds. The van der Waals surface area contributed by atoms with Gasteiger partial charge in [0.05, 0.1) is 24.3 Å². The summed E-state index contributed by atoms with van der Waals surface area (Å²) in [6, 6.07) is 8.50. The highest BCUT2D eigenvalue weighted by Gasteiger charge is 2.19. The van der Waals surface area contributed by atoms with Gasteiger partial charge in [-0.25, -0.2) is 0 Å². The third kappa shape index (κ3) is 3.67. The Morgan fingerprint density at radius 2 is 2.05 bits per heavy atom. The van der Waals surface area contributed by atoms with Gasteiger partial charge in [0.1, 0.15) is 11.5 Å². The summed E-state index contributed by atoms with van der Waals surface area (Å²) < 4.78 is 11.0. The summed E-state index contributed by atoms with van der Waals surface area (Å²) in [5.41, 5.74) is 4.10. The molecule has 0 aliphatic rings. The first-order valence-corrected chi connectivity index (χ1v) is 7.55. The quantitative estimate of drug-likeness (QED) is 0.743. The van der Waals surface area contributed by atoms with Crippen molar-refractivity contribution >= 4 is 0 Å². The Labute approximate surface area is 131 Å². The van der Waals surface area contributed by atoms with Gasteiger partial charge in [-0.15, -0.1) is 0 Å². The van der Waals surface area contributed by atoms with E-state index in [-0.39, 0.29) is 5.92 Å². The zero-order valence-electron chi connectivity index (χ0n) is 13.6. The minimum absolute atomic E-state index is 0.186. The predicted molar refractivity (Wildman–Crippen MR) is 85.0 cm³/mol. The van der Waals surface area contributed by atoms with Gasteiger partial charge in [-0.2, -0.15) is 5.26 Å². The van der Waals surface area contributed by atoms with E-state index in [0.29, 0.717) is 6.61 Å². The van der Waals surface area contributed by atoms with E-state index >= 15 is 0 Å². The van der Waals surface area contributed by atoms with Crippen molar-refractivity contribution in [3.63, 3.8) is 0 Å². The van der Waals surface area contributed by atoms with Crippen molar-refractivity contribution in [3.05, 3.63) is 46.3 Å². The van der Waals surface area contributed by atoms with Crippen molar-refractivity contribution in [1.29, 1.82) is 5.26 Å². The van der Waals surface area contributed by atoms with Crippen LogP contribution in [0.25, 0.3) is 0 Å². The SMILES string of the molecule is Cc1ccc(OCCCC(C#N)c2c(C)noc2C)c(C)c1. The molecule has 0 saturated heterocycles. The molecule has 0 fully saturated rings. The van der Waals surface area contributed by atoms with E-state index in [1.165, 1.54) is 5.56 Å². The van der Waals surface area contributed by atoms with Crippen LogP contribution in [0.5, 0.6) is 5.75 Å². The fourth-order valence-corrected chi connectivity index (χ4v) is 2.69. The van der Waals surface area contributed by atoms with E-state index in [0.717, 1.165) is 41.2 Å². The molecular weight excluding hydrogens is 276 g/mol. The summed E-state index contributed by atoms with van der Waals surface area (Å²) in [7, 11) is 0. The lowest BCUT2D eigenvalue weighted by Crippen LogP contribution is -2.04. The predicted octanol–water partition coefficient (Wildman–Crippen LogP) is 4.37. The molecule has 22 heavy (non-hydrogen) atoms. The van der Waals surface area contributed by atoms with Crippen LogP contribution in [0.3, 0.4) is 0 Å². The number of aromatic nitrogens is 1. The normalized spacial score (nSPS) is 12.0. The van der Waals surface area contributed by atoms with Crippen LogP contribution in [0.1, 0.15) is 46.9 Å². The molecule has 1 aromatic carbocycles. The van der Waals surface area contributed by atoms with E-state index in [4.69, 9.17) is 9.26 Å². The lowest BCUT2D eigenvalue weighted by molar-refractivity contribution is 0.302. The Bertz CT molecular complexity index is 663. The summed E-state index contributed by atoms with van der Waals surface area (Å²) in [4.78, 5) is 0. The van der Waals surface area contributed by atoms with Crippen LogP contribution >= 0.6 is 0 Å². The number of hydrogen-bond donors (Lipinski definition) is 0. The smallest absolute Gasteiger partial charge is 0.138 e. The standard InChI is InChI=1S/C18H22N2O2/c1-12-7-8-17(13(2)10-12)21-9-5-6-16(11-19)18-14(3)20-22-15(18)4/h7-8,10,16H,5-6,9H2,1-4H3. The van der Waals surface area contributed by atoms with Gasteiger partial charge in [-0.3, -0.25) is 0 Å². The van der Waals surface area contributed by atoms with E-state index in [1.54, 1.807) is 0 Å². The number of benzene rings is 1. The minimum atomic E-state index is -0.186. The highest BCUT2D eigenvalue weighted by molar-refractivity contribution is 5.35. The fourth-order valence-electron chi connectivity index (χ4n) is 2.69. The molecule has 2 rings (SSSR count). The first-order chi connectivity index (χ1) is 10.5. The average molecular weight is 298 g/mol. The molecule has 1 atom stereocenters. The van der Waals surface area contributed by atoms with Crippen molar-refractivity contribution in [2.75, 3.05) is 6.61 Å². The molecule has 0 aliphatic heterocycles. The van der Waals surface area contributed by atoms with Gasteiger partial charge in [0.25, 0.3) is 0 Å². The largest absolute Gasteiger partial charge is 0.493 e. The summed E-state index contributed by atoms with van der Waals surface area (Å²) in [5.74, 6) is 1.46. The lowest BCUT2D eigenvalue weighted by Gasteiger charge is -2.11.